The minimum atomic E-state index is -0.203. The first-order valence-corrected chi connectivity index (χ1v) is 6.41. The van der Waals surface area contributed by atoms with E-state index in [4.69, 9.17) is 10.5 Å². The molecule has 2 rings (SSSR count). The fourth-order valence-corrected chi connectivity index (χ4v) is 2.00. The van der Waals surface area contributed by atoms with Crippen LogP contribution in [-0.4, -0.2) is 13.0 Å². The summed E-state index contributed by atoms with van der Waals surface area (Å²) >= 11 is 0. The number of hydrogen-bond donors (Lipinski definition) is 2. The quantitative estimate of drug-likeness (QED) is 0.840. The SMILES string of the molecule is COc1ccc(N)cc1C(=O)N[C@@H](C)c1ccccc1. The molecule has 0 aromatic heterocycles. The largest absolute Gasteiger partial charge is 0.496 e. The lowest BCUT2D eigenvalue weighted by Gasteiger charge is -2.16. The van der Waals surface area contributed by atoms with Gasteiger partial charge in [-0.15, -0.1) is 0 Å². The average Bonchev–Trinajstić information content (AvgIpc) is 2.48. The van der Waals surface area contributed by atoms with Crippen LogP contribution in [0.2, 0.25) is 0 Å². The van der Waals surface area contributed by atoms with E-state index in [1.165, 1.54) is 7.11 Å². The minimum Gasteiger partial charge on any atom is -0.496 e. The lowest BCUT2D eigenvalue weighted by molar-refractivity contribution is 0.0937. The van der Waals surface area contributed by atoms with Crippen LogP contribution in [0.25, 0.3) is 0 Å². The molecular formula is C16H18N2O2. The van der Waals surface area contributed by atoms with E-state index in [0.29, 0.717) is 17.0 Å². The summed E-state index contributed by atoms with van der Waals surface area (Å²) in [7, 11) is 1.53. The number of nitrogens with one attached hydrogen (secondary N) is 1. The van der Waals surface area contributed by atoms with Crippen molar-refractivity contribution in [2.75, 3.05) is 12.8 Å². The van der Waals surface area contributed by atoms with E-state index in [-0.39, 0.29) is 11.9 Å². The molecule has 0 bridgehead atoms. The maximum Gasteiger partial charge on any atom is 0.255 e. The normalized spacial score (nSPS) is 11.7. The zero-order chi connectivity index (χ0) is 14.5. The standard InChI is InChI=1S/C16H18N2O2/c1-11(12-6-4-3-5-7-12)18-16(19)14-10-13(17)8-9-15(14)20-2/h3-11H,17H2,1-2H3,(H,18,19)/t11-/m0/s1. The topological polar surface area (TPSA) is 64.3 Å². The van der Waals surface area contributed by atoms with E-state index in [2.05, 4.69) is 5.32 Å². The number of nitrogen functional groups attached to an aromatic ring is 1. The molecule has 0 aliphatic heterocycles. The smallest absolute Gasteiger partial charge is 0.255 e. The molecule has 0 saturated heterocycles. The Kier molecular flexibility index (Phi) is 4.25. The van der Waals surface area contributed by atoms with Gasteiger partial charge in [-0.3, -0.25) is 4.79 Å². The van der Waals surface area contributed by atoms with Gasteiger partial charge in [0.05, 0.1) is 18.7 Å². The molecule has 0 saturated carbocycles. The molecule has 0 spiro atoms. The Morgan fingerprint density at radius 2 is 1.90 bits per heavy atom. The number of carbonyl (C=O) groups excluding carboxylic acids is 1. The van der Waals surface area contributed by atoms with Crippen LogP contribution in [0.1, 0.15) is 28.9 Å². The van der Waals surface area contributed by atoms with Crippen molar-refractivity contribution >= 4 is 11.6 Å². The molecule has 20 heavy (non-hydrogen) atoms. The zero-order valence-corrected chi connectivity index (χ0v) is 11.6. The number of anilines is 1. The van der Waals surface area contributed by atoms with Gasteiger partial charge < -0.3 is 15.8 Å². The molecule has 0 aliphatic rings. The van der Waals surface area contributed by atoms with Crippen molar-refractivity contribution < 1.29 is 9.53 Å². The first kappa shape index (κ1) is 13.9. The summed E-state index contributed by atoms with van der Waals surface area (Å²) in [4.78, 5) is 12.3. The van der Waals surface area contributed by atoms with Crippen LogP contribution in [0.5, 0.6) is 5.75 Å². The number of ether oxygens (including phenoxy) is 1. The average molecular weight is 270 g/mol. The van der Waals surface area contributed by atoms with Gasteiger partial charge in [0.25, 0.3) is 5.91 Å². The van der Waals surface area contributed by atoms with Gasteiger partial charge in [-0.25, -0.2) is 0 Å². The van der Waals surface area contributed by atoms with Crippen LogP contribution in [0.4, 0.5) is 5.69 Å². The van der Waals surface area contributed by atoms with Crippen LogP contribution < -0.4 is 15.8 Å². The summed E-state index contributed by atoms with van der Waals surface area (Å²) in [5, 5.41) is 2.94. The Morgan fingerprint density at radius 3 is 2.55 bits per heavy atom. The number of methoxy groups -OCH3 is 1. The molecule has 1 amide bonds. The van der Waals surface area contributed by atoms with Crippen LogP contribution in [0.3, 0.4) is 0 Å². The number of carbonyl (C=O) groups is 1. The number of nitrogens with two attached hydrogens (primary N) is 1. The lowest BCUT2D eigenvalue weighted by atomic mass is 10.1. The van der Waals surface area contributed by atoms with Gasteiger partial charge >= 0.3 is 0 Å². The van der Waals surface area contributed by atoms with E-state index in [1.807, 2.05) is 37.3 Å². The second-order valence-electron chi connectivity index (χ2n) is 4.57. The predicted octanol–water partition coefficient (Wildman–Crippen LogP) is 2.77. The third-order valence-corrected chi connectivity index (χ3v) is 3.12. The molecule has 4 heteroatoms. The predicted molar refractivity (Wildman–Crippen MR) is 79.7 cm³/mol. The summed E-state index contributed by atoms with van der Waals surface area (Å²) in [6, 6.07) is 14.7. The zero-order valence-electron chi connectivity index (χ0n) is 11.6. The van der Waals surface area contributed by atoms with Gasteiger partial charge in [0, 0.05) is 5.69 Å². The van der Waals surface area contributed by atoms with Gasteiger partial charge in [-0.2, -0.15) is 0 Å². The van der Waals surface area contributed by atoms with Crippen molar-refractivity contribution in [2.24, 2.45) is 0 Å². The van der Waals surface area contributed by atoms with Gasteiger partial charge in [0.1, 0.15) is 5.75 Å². The Balaban J connectivity index is 2.18. The van der Waals surface area contributed by atoms with E-state index in [0.717, 1.165) is 5.56 Å². The fraction of sp³-hybridized carbons (Fsp3) is 0.188. The first-order chi connectivity index (χ1) is 9.61. The maximum absolute atomic E-state index is 12.3. The molecule has 3 N–H and O–H groups in total. The molecule has 0 heterocycles. The molecule has 2 aromatic rings. The molecule has 1 atom stereocenters. The molecule has 0 fully saturated rings. The summed E-state index contributed by atoms with van der Waals surface area (Å²) < 4.78 is 5.19. The lowest BCUT2D eigenvalue weighted by Crippen LogP contribution is -2.27. The summed E-state index contributed by atoms with van der Waals surface area (Å²) in [5.41, 5.74) is 7.74. The summed E-state index contributed by atoms with van der Waals surface area (Å²) in [6.07, 6.45) is 0. The number of amides is 1. The van der Waals surface area contributed by atoms with Crippen molar-refractivity contribution in [3.63, 3.8) is 0 Å². The summed E-state index contributed by atoms with van der Waals surface area (Å²) in [6.45, 7) is 1.94. The number of benzene rings is 2. The Hall–Kier alpha value is -2.49. The third-order valence-electron chi connectivity index (χ3n) is 3.12. The molecule has 4 nitrogen and oxygen atoms in total. The van der Waals surface area contributed by atoms with Crippen molar-refractivity contribution in [1.29, 1.82) is 0 Å². The number of hydrogen-bond acceptors (Lipinski definition) is 3. The fourth-order valence-electron chi connectivity index (χ4n) is 2.00. The van der Waals surface area contributed by atoms with Gasteiger partial charge in [-0.05, 0) is 30.7 Å². The van der Waals surface area contributed by atoms with Crippen LogP contribution >= 0.6 is 0 Å². The summed E-state index contributed by atoms with van der Waals surface area (Å²) in [5.74, 6) is 0.308. The minimum absolute atomic E-state index is 0.0881. The van der Waals surface area contributed by atoms with E-state index < -0.39 is 0 Å². The molecule has 0 aliphatic carbocycles. The highest BCUT2D eigenvalue weighted by Crippen LogP contribution is 2.22. The molecule has 2 aromatic carbocycles. The monoisotopic (exact) mass is 270 g/mol. The molecular weight excluding hydrogens is 252 g/mol. The van der Waals surface area contributed by atoms with E-state index in [9.17, 15) is 4.79 Å². The Morgan fingerprint density at radius 1 is 1.20 bits per heavy atom. The van der Waals surface area contributed by atoms with Crippen molar-refractivity contribution in [3.05, 3.63) is 59.7 Å². The first-order valence-electron chi connectivity index (χ1n) is 6.41. The van der Waals surface area contributed by atoms with Crippen LogP contribution in [0.15, 0.2) is 48.5 Å². The maximum atomic E-state index is 12.3. The van der Waals surface area contributed by atoms with Crippen molar-refractivity contribution in [2.45, 2.75) is 13.0 Å². The van der Waals surface area contributed by atoms with Crippen LogP contribution in [0, 0.1) is 0 Å². The Bertz CT molecular complexity index is 597. The Labute approximate surface area is 118 Å². The van der Waals surface area contributed by atoms with Gasteiger partial charge in [0.2, 0.25) is 0 Å². The molecule has 0 radical (unpaired) electrons. The van der Waals surface area contributed by atoms with Crippen LogP contribution in [-0.2, 0) is 0 Å². The highest BCUT2D eigenvalue weighted by Gasteiger charge is 2.15. The highest BCUT2D eigenvalue weighted by atomic mass is 16.5. The molecule has 104 valence electrons. The van der Waals surface area contributed by atoms with Crippen molar-refractivity contribution in [1.82, 2.24) is 5.32 Å². The second kappa shape index (κ2) is 6.10. The number of rotatable bonds is 4. The van der Waals surface area contributed by atoms with Crippen molar-refractivity contribution in [3.8, 4) is 5.75 Å². The van der Waals surface area contributed by atoms with Gasteiger partial charge in [0.15, 0.2) is 0 Å². The third kappa shape index (κ3) is 3.09. The van der Waals surface area contributed by atoms with E-state index >= 15 is 0 Å². The highest BCUT2D eigenvalue weighted by molar-refractivity contribution is 5.98. The second-order valence-corrected chi connectivity index (χ2v) is 4.57. The van der Waals surface area contributed by atoms with Gasteiger partial charge in [-0.1, -0.05) is 30.3 Å². The van der Waals surface area contributed by atoms with E-state index in [1.54, 1.807) is 18.2 Å². The molecule has 0 unspecified atom stereocenters.